The van der Waals surface area contributed by atoms with Crippen LogP contribution in [-0.4, -0.2) is 41.1 Å². The maximum absolute atomic E-state index is 11.8. The van der Waals surface area contributed by atoms with Crippen molar-refractivity contribution in [1.82, 2.24) is 4.90 Å². The molecule has 7 heteroatoms. The first-order chi connectivity index (χ1) is 8.61. The van der Waals surface area contributed by atoms with Gasteiger partial charge in [0, 0.05) is 5.75 Å². The number of esters is 1. The Morgan fingerprint density at radius 1 is 1.63 bits per heavy atom. The molecule has 2 N–H and O–H groups in total. The summed E-state index contributed by atoms with van der Waals surface area (Å²) in [6, 6.07) is -0.508. The number of hydrogen-bond donors (Lipinski definition) is 1. The lowest BCUT2D eigenvalue weighted by molar-refractivity contribution is -0.149. The third-order valence-electron chi connectivity index (χ3n) is 2.97. The molecular weight excluding hydrogens is 288 g/mol. The van der Waals surface area contributed by atoms with Crippen LogP contribution in [0.3, 0.4) is 0 Å². The van der Waals surface area contributed by atoms with Crippen molar-refractivity contribution in [3.8, 4) is 0 Å². The molecule has 2 heterocycles. The number of nitrogens with zero attached hydrogens (tertiary/aromatic N) is 1. The lowest BCUT2D eigenvalue weighted by atomic mass is 10.0. The van der Waals surface area contributed by atoms with E-state index in [1.54, 1.807) is 11.8 Å². The van der Waals surface area contributed by atoms with Crippen LogP contribution in [0.15, 0.2) is 23.4 Å². The van der Waals surface area contributed by atoms with E-state index in [9.17, 15) is 9.59 Å². The minimum atomic E-state index is -0.508. The van der Waals surface area contributed by atoms with Gasteiger partial charge in [-0.2, -0.15) is 0 Å². The van der Waals surface area contributed by atoms with E-state index in [0.717, 1.165) is 12.0 Å². The SMILES string of the molecule is CCC=CC1=C(C(=O)OC)N2C(=O)C(N)C2SC1.Cl. The molecule has 2 unspecified atom stereocenters. The second-order valence-corrected chi connectivity index (χ2v) is 5.22. The molecule has 19 heavy (non-hydrogen) atoms. The minimum Gasteiger partial charge on any atom is -0.464 e. The molecule has 1 amide bonds. The van der Waals surface area contributed by atoms with Gasteiger partial charge in [0.15, 0.2) is 0 Å². The number of thioether (sulfide) groups is 1. The summed E-state index contributed by atoms with van der Waals surface area (Å²) >= 11 is 1.58. The summed E-state index contributed by atoms with van der Waals surface area (Å²) < 4.78 is 4.76. The Hall–Kier alpha value is -0.980. The van der Waals surface area contributed by atoms with Crippen molar-refractivity contribution >= 4 is 36.0 Å². The fourth-order valence-corrected chi connectivity index (χ4v) is 3.28. The molecule has 0 bridgehead atoms. The van der Waals surface area contributed by atoms with Gasteiger partial charge in [0.25, 0.3) is 0 Å². The van der Waals surface area contributed by atoms with Crippen LogP contribution in [0, 0.1) is 0 Å². The summed E-state index contributed by atoms with van der Waals surface area (Å²) in [5.41, 5.74) is 6.89. The van der Waals surface area contributed by atoms with E-state index in [-0.39, 0.29) is 23.7 Å². The van der Waals surface area contributed by atoms with Crippen molar-refractivity contribution in [3.63, 3.8) is 0 Å². The van der Waals surface area contributed by atoms with Crippen LogP contribution in [0.4, 0.5) is 0 Å². The number of ether oxygens (including phenoxy) is 1. The third-order valence-corrected chi connectivity index (χ3v) is 4.30. The van der Waals surface area contributed by atoms with Gasteiger partial charge in [-0.25, -0.2) is 4.79 Å². The number of amides is 1. The van der Waals surface area contributed by atoms with Gasteiger partial charge in [0.05, 0.1) is 7.11 Å². The van der Waals surface area contributed by atoms with Gasteiger partial charge in [0.1, 0.15) is 17.1 Å². The summed E-state index contributed by atoms with van der Waals surface area (Å²) in [5, 5.41) is -0.134. The second kappa shape index (κ2) is 6.45. The quantitative estimate of drug-likeness (QED) is 0.623. The van der Waals surface area contributed by atoms with Crippen LogP contribution < -0.4 is 5.73 Å². The van der Waals surface area contributed by atoms with E-state index in [1.165, 1.54) is 12.0 Å². The largest absolute Gasteiger partial charge is 0.464 e. The average molecular weight is 305 g/mol. The average Bonchev–Trinajstić information content (AvgIpc) is 2.42. The Morgan fingerprint density at radius 3 is 2.89 bits per heavy atom. The number of halogens is 1. The lowest BCUT2D eigenvalue weighted by Crippen LogP contribution is -2.68. The lowest BCUT2D eigenvalue weighted by Gasteiger charge is -2.48. The van der Waals surface area contributed by atoms with Gasteiger partial charge in [-0.05, 0) is 12.0 Å². The third kappa shape index (κ3) is 2.66. The second-order valence-electron chi connectivity index (χ2n) is 4.11. The number of rotatable bonds is 3. The number of methoxy groups -OCH3 is 1. The highest BCUT2D eigenvalue weighted by Crippen LogP contribution is 2.39. The predicted octanol–water partition coefficient (Wildman–Crippen LogP) is 1.04. The van der Waals surface area contributed by atoms with Gasteiger partial charge >= 0.3 is 5.97 Å². The molecule has 0 radical (unpaired) electrons. The molecule has 2 aliphatic heterocycles. The highest BCUT2D eigenvalue weighted by molar-refractivity contribution is 8.00. The van der Waals surface area contributed by atoms with Crippen molar-refractivity contribution < 1.29 is 14.3 Å². The van der Waals surface area contributed by atoms with Gasteiger partial charge in [0.2, 0.25) is 5.91 Å². The molecule has 2 aliphatic rings. The molecule has 5 nitrogen and oxygen atoms in total. The summed E-state index contributed by atoms with van der Waals surface area (Å²) in [6.07, 6.45) is 4.72. The van der Waals surface area contributed by atoms with E-state index in [4.69, 9.17) is 10.5 Å². The number of carbonyl (C=O) groups is 2. The Kier molecular flexibility index (Phi) is 5.46. The van der Waals surface area contributed by atoms with E-state index in [1.807, 2.05) is 19.1 Å². The molecule has 0 aromatic rings. The molecule has 0 aromatic heterocycles. The van der Waals surface area contributed by atoms with Gasteiger partial charge in [-0.15, -0.1) is 24.2 Å². The first-order valence-corrected chi connectivity index (χ1v) is 6.85. The monoisotopic (exact) mass is 304 g/mol. The molecule has 0 saturated carbocycles. The van der Waals surface area contributed by atoms with Crippen molar-refractivity contribution in [2.24, 2.45) is 5.73 Å². The number of carbonyl (C=O) groups excluding carboxylic acids is 2. The van der Waals surface area contributed by atoms with Crippen molar-refractivity contribution in [2.45, 2.75) is 24.8 Å². The molecule has 0 aliphatic carbocycles. The Balaban J connectivity index is 0.00000180. The zero-order valence-electron chi connectivity index (χ0n) is 10.8. The van der Waals surface area contributed by atoms with Gasteiger partial charge in [-0.3, -0.25) is 9.69 Å². The number of nitrogens with two attached hydrogens (primary N) is 1. The summed E-state index contributed by atoms with van der Waals surface area (Å²) in [7, 11) is 1.32. The maximum Gasteiger partial charge on any atom is 0.355 e. The normalized spacial score (nSPS) is 25.8. The first kappa shape index (κ1) is 16.1. The van der Waals surface area contributed by atoms with Crippen molar-refractivity contribution in [3.05, 3.63) is 23.4 Å². The summed E-state index contributed by atoms with van der Waals surface area (Å²) in [4.78, 5) is 25.1. The van der Waals surface area contributed by atoms with Crippen LogP contribution in [-0.2, 0) is 14.3 Å². The van der Waals surface area contributed by atoms with Gasteiger partial charge < -0.3 is 10.5 Å². The number of allylic oxidation sites excluding steroid dienone is 2. The number of fused-ring (bicyclic) bond motifs is 1. The molecule has 0 aromatic carbocycles. The molecule has 0 spiro atoms. The molecule has 1 fully saturated rings. The zero-order valence-corrected chi connectivity index (χ0v) is 12.4. The van der Waals surface area contributed by atoms with Gasteiger partial charge in [-0.1, -0.05) is 19.1 Å². The molecule has 2 atom stereocenters. The van der Waals surface area contributed by atoms with E-state index in [0.29, 0.717) is 11.4 Å². The number of hydrogen-bond acceptors (Lipinski definition) is 5. The minimum absolute atomic E-state index is 0. The zero-order chi connectivity index (χ0) is 13.3. The highest BCUT2D eigenvalue weighted by Gasteiger charge is 2.51. The smallest absolute Gasteiger partial charge is 0.355 e. The molecular formula is C12H17ClN2O3S. The predicted molar refractivity (Wildman–Crippen MR) is 76.8 cm³/mol. The Bertz CT molecular complexity index is 450. The van der Waals surface area contributed by atoms with Crippen LogP contribution in [0.5, 0.6) is 0 Å². The van der Waals surface area contributed by atoms with E-state index in [2.05, 4.69) is 0 Å². The van der Waals surface area contributed by atoms with E-state index < -0.39 is 12.0 Å². The summed E-state index contributed by atoms with van der Waals surface area (Å²) in [6.45, 7) is 2.01. The maximum atomic E-state index is 11.8. The topological polar surface area (TPSA) is 72.6 Å². The fourth-order valence-electron chi connectivity index (χ4n) is 2.01. The Labute approximate surface area is 122 Å². The van der Waals surface area contributed by atoms with Crippen molar-refractivity contribution in [1.29, 1.82) is 0 Å². The Morgan fingerprint density at radius 2 is 2.32 bits per heavy atom. The van der Waals surface area contributed by atoms with Crippen LogP contribution >= 0.6 is 24.2 Å². The highest BCUT2D eigenvalue weighted by atomic mass is 35.5. The number of β-lactam (4-membered cyclic amide) rings is 1. The van der Waals surface area contributed by atoms with E-state index >= 15 is 0 Å². The standard InChI is InChI=1S/C12H16N2O3S.ClH/c1-3-4-5-7-6-18-11-8(13)10(15)14(11)9(7)12(16)17-2;/h4-5,8,11H,3,6,13H2,1-2H3;1H. The molecule has 2 rings (SSSR count). The van der Waals surface area contributed by atoms with Crippen molar-refractivity contribution in [2.75, 3.05) is 12.9 Å². The fraction of sp³-hybridized carbons (Fsp3) is 0.500. The first-order valence-electron chi connectivity index (χ1n) is 5.80. The molecule has 106 valence electrons. The summed E-state index contributed by atoms with van der Waals surface area (Å²) in [5.74, 6) is -0.0189. The molecule has 1 saturated heterocycles. The van der Waals surface area contributed by atoms with Crippen LogP contribution in [0.1, 0.15) is 13.3 Å². The van der Waals surface area contributed by atoms with Crippen LogP contribution in [0.25, 0.3) is 0 Å². The van der Waals surface area contributed by atoms with Crippen LogP contribution in [0.2, 0.25) is 0 Å².